The summed E-state index contributed by atoms with van der Waals surface area (Å²) < 4.78 is 11.0. The molecule has 0 unspecified atom stereocenters. The van der Waals surface area contributed by atoms with E-state index in [4.69, 9.17) is 31.8 Å². The molecule has 0 radical (unpaired) electrons. The first-order chi connectivity index (χ1) is 16.3. The number of hydroxylamine groups is 1. The van der Waals surface area contributed by atoms with Gasteiger partial charge in [-0.25, -0.2) is 5.48 Å². The van der Waals surface area contributed by atoms with Crippen LogP contribution < -0.4 is 16.0 Å². The number of nitrogens with zero attached hydrogens (tertiary/aromatic N) is 1. The van der Waals surface area contributed by atoms with Crippen LogP contribution in [0, 0.1) is 0 Å². The summed E-state index contributed by atoms with van der Waals surface area (Å²) in [5.41, 5.74) is 8.62. The maximum atomic E-state index is 11.9. The molecular weight excluding hydrogens is 466 g/mol. The largest absolute Gasteiger partial charge is 0.508 e. The third kappa shape index (κ3) is 6.18. The van der Waals surface area contributed by atoms with Gasteiger partial charge in [0.2, 0.25) is 5.91 Å². The molecular formula is C23H24ClN3O7. The van der Waals surface area contributed by atoms with Gasteiger partial charge in [0, 0.05) is 18.9 Å². The molecule has 2 aromatic carbocycles. The number of nitrogens with two attached hydrogens (primary N) is 1. The summed E-state index contributed by atoms with van der Waals surface area (Å²) in [7, 11) is 0. The lowest BCUT2D eigenvalue weighted by Gasteiger charge is -2.09. The Balaban J connectivity index is 1.71. The molecule has 2 amide bonds. The van der Waals surface area contributed by atoms with Crippen molar-refractivity contribution in [2.24, 2.45) is 5.73 Å². The summed E-state index contributed by atoms with van der Waals surface area (Å²) in [6.45, 7) is 0.391. The maximum Gasteiger partial charge on any atom is 0.271 e. The highest BCUT2D eigenvalue weighted by molar-refractivity contribution is 6.32. The molecule has 3 rings (SSSR count). The van der Waals surface area contributed by atoms with Crippen LogP contribution in [0.4, 0.5) is 0 Å². The Morgan fingerprint density at radius 2 is 1.82 bits per heavy atom. The van der Waals surface area contributed by atoms with Crippen molar-refractivity contribution in [3.63, 3.8) is 0 Å². The van der Waals surface area contributed by atoms with Crippen LogP contribution in [0.3, 0.4) is 0 Å². The van der Waals surface area contributed by atoms with E-state index in [9.17, 15) is 19.8 Å². The molecule has 6 N–H and O–H groups in total. The normalized spacial score (nSPS) is 10.8. The minimum absolute atomic E-state index is 0.0150. The quantitative estimate of drug-likeness (QED) is 0.155. The Hall–Kier alpha value is -3.76. The van der Waals surface area contributed by atoms with Crippen molar-refractivity contribution in [1.82, 2.24) is 10.6 Å². The highest BCUT2D eigenvalue weighted by Crippen LogP contribution is 2.34. The molecule has 0 aliphatic rings. The molecule has 180 valence electrons. The van der Waals surface area contributed by atoms with Crippen molar-refractivity contribution >= 4 is 23.4 Å². The molecule has 11 heteroatoms. The van der Waals surface area contributed by atoms with Gasteiger partial charge < -0.3 is 25.2 Å². The van der Waals surface area contributed by atoms with E-state index in [0.29, 0.717) is 54.1 Å². The number of phenolic OH excluding ortho intramolecular Hbond substituents is 2. The van der Waals surface area contributed by atoms with E-state index in [1.807, 2.05) is 0 Å². The molecule has 0 fully saturated rings. The van der Waals surface area contributed by atoms with Crippen LogP contribution in [0.2, 0.25) is 5.02 Å². The van der Waals surface area contributed by atoms with Gasteiger partial charge in [0.1, 0.15) is 23.0 Å². The van der Waals surface area contributed by atoms with Crippen LogP contribution in [0.5, 0.6) is 17.2 Å². The minimum Gasteiger partial charge on any atom is -0.508 e. The fourth-order valence-corrected chi connectivity index (χ4v) is 3.54. The Morgan fingerprint density at radius 3 is 2.50 bits per heavy atom. The van der Waals surface area contributed by atoms with Gasteiger partial charge in [-0.1, -0.05) is 28.9 Å². The number of phenols is 2. The molecule has 0 saturated carbocycles. The molecule has 0 spiro atoms. The fourth-order valence-electron chi connectivity index (χ4n) is 3.35. The summed E-state index contributed by atoms with van der Waals surface area (Å²) in [6.07, 6.45) is 1.99. The highest BCUT2D eigenvalue weighted by atomic mass is 35.5. The highest BCUT2D eigenvalue weighted by Gasteiger charge is 2.22. The Morgan fingerprint density at radius 1 is 1.09 bits per heavy atom. The first kappa shape index (κ1) is 24.9. The van der Waals surface area contributed by atoms with Crippen LogP contribution in [0.1, 0.15) is 41.1 Å². The molecule has 0 aliphatic carbocycles. The van der Waals surface area contributed by atoms with Crippen molar-refractivity contribution in [2.45, 2.75) is 32.1 Å². The lowest BCUT2D eigenvalue weighted by Crippen LogP contribution is -2.18. The first-order valence-corrected chi connectivity index (χ1v) is 10.8. The molecule has 3 aromatic rings. The average Bonchev–Trinajstić information content (AvgIpc) is 3.25. The number of unbranched alkanes of at least 4 members (excludes halogenated alkanes) is 1. The van der Waals surface area contributed by atoms with Crippen LogP contribution in [0.15, 0.2) is 40.9 Å². The predicted molar refractivity (Wildman–Crippen MR) is 122 cm³/mol. The molecule has 1 aromatic heterocycles. The number of aromatic nitrogens is 1. The fraction of sp³-hybridized carbons (Fsp3) is 0.261. The van der Waals surface area contributed by atoms with Crippen LogP contribution in [-0.4, -0.2) is 39.0 Å². The van der Waals surface area contributed by atoms with Crippen molar-refractivity contribution in [3.05, 3.63) is 58.4 Å². The lowest BCUT2D eigenvalue weighted by molar-refractivity contribution is -0.129. The Kier molecular flexibility index (Phi) is 8.34. The van der Waals surface area contributed by atoms with Crippen molar-refractivity contribution in [3.8, 4) is 28.4 Å². The number of carbonyl (C=O) groups excluding carboxylic acids is 2. The van der Waals surface area contributed by atoms with Gasteiger partial charge in [0.25, 0.3) is 5.91 Å². The molecule has 0 saturated heterocycles. The van der Waals surface area contributed by atoms with E-state index < -0.39 is 11.8 Å². The number of carbonyl (C=O) groups is 2. The first-order valence-electron chi connectivity index (χ1n) is 10.4. The predicted octanol–water partition coefficient (Wildman–Crippen LogP) is 3.34. The number of ether oxygens (including phenoxy) is 1. The number of hydrogen-bond acceptors (Lipinski definition) is 8. The summed E-state index contributed by atoms with van der Waals surface area (Å²) in [5.74, 6) is -0.532. The van der Waals surface area contributed by atoms with Crippen molar-refractivity contribution in [1.29, 1.82) is 0 Å². The third-order valence-electron chi connectivity index (χ3n) is 5.10. The van der Waals surface area contributed by atoms with Crippen molar-refractivity contribution < 1.29 is 34.3 Å². The molecule has 0 aliphatic heterocycles. The lowest BCUT2D eigenvalue weighted by atomic mass is 9.99. The number of amides is 2. The van der Waals surface area contributed by atoms with Gasteiger partial charge in [-0.3, -0.25) is 14.8 Å². The number of benzene rings is 2. The van der Waals surface area contributed by atoms with E-state index >= 15 is 0 Å². The number of aryl methyl sites for hydroxylation is 2. The molecule has 10 nitrogen and oxygen atoms in total. The molecule has 0 bridgehead atoms. The second kappa shape index (κ2) is 11.4. The smallest absolute Gasteiger partial charge is 0.271 e. The number of aromatic hydroxyl groups is 2. The maximum absolute atomic E-state index is 11.9. The topological polar surface area (TPSA) is 168 Å². The van der Waals surface area contributed by atoms with E-state index in [1.54, 1.807) is 29.7 Å². The molecule has 34 heavy (non-hydrogen) atoms. The monoisotopic (exact) mass is 489 g/mol. The van der Waals surface area contributed by atoms with E-state index in [-0.39, 0.29) is 35.1 Å². The Labute approximate surface area is 199 Å². The van der Waals surface area contributed by atoms with Crippen LogP contribution in [0.25, 0.3) is 11.1 Å². The molecule has 1 heterocycles. The number of rotatable bonds is 11. The zero-order valence-corrected chi connectivity index (χ0v) is 18.8. The number of hydrogen-bond donors (Lipinski definition) is 5. The zero-order valence-electron chi connectivity index (χ0n) is 18.1. The zero-order chi connectivity index (χ0) is 24.7. The minimum atomic E-state index is -0.743. The van der Waals surface area contributed by atoms with Crippen molar-refractivity contribution in [2.75, 3.05) is 6.61 Å². The summed E-state index contributed by atoms with van der Waals surface area (Å²) in [5, 5.41) is 32.1. The number of primary amides is 1. The van der Waals surface area contributed by atoms with Gasteiger partial charge in [-0.15, -0.1) is 0 Å². The summed E-state index contributed by atoms with van der Waals surface area (Å²) in [6, 6.07) is 9.55. The SMILES string of the molecule is NC(=O)c1noc(CCc2cc(Cl)c(O)cc2O)c1-c1ccc(OCCCCC(=O)NO)cc1. The third-order valence-corrected chi connectivity index (χ3v) is 5.40. The average molecular weight is 490 g/mol. The van der Waals surface area contributed by atoms with E-state index in [2.05, 4.69) is 5.16 Å². The van der Waals surface area contributed by atoms with Gasteiger partial charge in [-0.05, 0) is 48.6 Å². The van der Waals surface area contributed by atoms with Gasteiger partial charge >= 0.3 is 0 Å². The second-order valence-electron chi connectivity index (χ2n) is 7.49. The second-order valence-corrected chi connectivity index (χ2v) is 7.90. The Bertz CT molecular complexity index is 1160. The molecule has 0 atom stereocenters. The van der Waals surface area contributed by atoms with Gasteiger partial charge in [0.05, 0.1) is 17.2 Å². The summed E-state index contributed by atoms with van der Waals surface area (Å²) in [4.78, 5) is 22.9. The van der Waals surface area contributed by atoms with E-state index in [0.717, 1.165) is 6.07 Å². The standard InChI is InChI=1S/C23H24ClN3O7/c24-16-11-14(17(28)12-18(16)29)6-9-19-21(22(23(25)31)27-34-19)13-4-7-15(8-5-13)33-10-2-1-3-20(30)26-32/h4-5,7-8,11-12,28-29,32H,1-3,6,9-10H2,(H2,25,31)(H,26,30). The van der Waals surface area contributed by atoms with Gasteiger partial charge in [-0.2, -0.15) is 0 Å². The van der Waals surface area contributed by atoms with E-state index in [1.165, 1.54) is 6.07 Å². The van der Waals surface area contributed by atoms with Crippen LogP contribution >= 0.6 is 11.6 Å². The van der Waals surface area contributed by atoms with Crippen LogP contribution in [-0.2, 0) is 17.6 Å². The summed E-state index contributed by atoms with van der Waals surface area (Å²) >= 11 is 5.93. The number of halogens is 1. The number of nitrogens with one attached hydrogen (secondary N) is 1. The van der Waals surface area contributed by atoms with Gasteiger partial charge in [0.15, 0.2) is 5.69 Å².